The Balaban J connectivity index is 1.83. The van der Waals surface area contributed by atoms with E-state index >= 15 is 0 Å². The molecule has 4 nitrogen and oxygen atoms in total. The number of rotatable bonds is 5. The van der Waals surface area contributed by atoms with Gasteiger partial charge in [0, 0.05) is 32.7 Å². The molecule has 1 unspecified atom stereocenters. The predicted octanol–water partition coefficient (Wildman–Crippen LogP) is 2.27. The molecule has 1 heterocycles. The highest BCUT2D eigenvalue weighted by Gasteiger charge is 2.26. The molecule has 0 bridgehead atoms. The van der Waals surface area contributed by atoms with Crippen molar-refractivity contribution >= 4 is 5.91 Å². The number of nitrogens with zero attached hydrogens (tertiary/aromatic N) is 3. The molecule has 1 aromatic carbocycles. The normalized spacial score (nSPS) is 17.2. The Bertz CT molecular complexity index is 487. The molecule has 0 aliphatic carbocycles. The summed E-state index contributed by atoms with van der Waals surface area (Å²) in [6.07, 6.45) is 1.54. The first-order chi connectivity index (χ1) is 10.2. The first kappa shape index (κ1) is 15.5. The molecule has 112 valence electrons. The van der Waals surface area contributed by atoms with E-state index in [0.717, 1.165) is 39.1 Å². The fourth-order valence-corrected chi connectivity index (χ4v) is 2.72. The second kappa shape index (κ2) is 7.80. The van der Waals surface area contributed by atoms with Gasteiger partial charge in [0.15, 0.2) is 0 Å². The lowest BCUT2D eigenvalue weighted by Gasteiger charge is -2.35. The maximum Gasteiger partial charge on any atom is 0.240 e. The Morgan fingerprint density at radius 1 is 1.24 bits per heavy atom. The minimum absolute atomic E-state index is 0.0127. The van der Waals surface area contributed by atoms with Crippen LogP contribution in [0.15, 0.2) is 30.3 Å². The van der Waals surface area contributed by atoms with Crippen LogP contribution in [0.1, 0.15) is 25.3 Å². The number of carbonyl (C=O) groups excluding carboxylic acids is 1. The number of hydrogen-bond acceptors (Lipinski definition) is 3. The van der Waals surface area contributed by atoms with Crippen molar-refractivity contribution in [1.29, 1.82) is 5.26 Å². The van der Waals surface area contributed by atoms with Crippen LogP contribution >= 0.6 is 0 Å². The van der Waals surface area contributed by atoms with Gasteiger partial charge in [-0.25, -0.2) is 0 Å². The van der Waals surface area contributed by atoms with E-state index in [1.807, 2.05) is 17.9 Å². The second-order valence-electron chi connectivity index (χ2n) is 5.56. The summed E-state index contributed by atoms with van der Waals surface area (Å²) in [6, 6.07) is 12.5. The topological polar surface area (TPSA) is 47.3 Å². The number of hydrogen-bond donors (Lipinski definition) is 0. The van der Waals surface area contributed by atoms with E-state index in [1.165, 1.54) is 5.56 Å². The van der Waals surface area contributed by atoms with E-state index < -0.39 is 5.92 Å². The first-order valence-electron chi connectivity index (χ1n) is 7.69. The Labute approximate surface area is 127 Å². The van der Waals surface area contributed by atoms with Crippen LogP contribution in [0.2, 0.25) is 0 Å². The van der Waals surface area contributed by atoms with Crippen LogP contribution in [0.4, 0.5) is 0 Å². The molecular weight excluding hydrogens is 262 g/mol. The molecule has 0 radical (unpaired) electrons. The van der Waals surface area contributed by atoms with Gasteiger partial charge in [-0.2, -0.15) is 5.26 Å². The molecule has 1 aliphatic heterocycles. The lowest BCUT2D eigenvalue weighted by Crippen LogP contribution is -2.49. The lowest BCUT2D eigenvalue weighted by atomic mass is 10.0. The number of amides is 1. The smallest absolute Gasteiger partial charge is 0.240 e. The zero-order valence-corrected chi connectivity index (χ0v) is 12.7. The third-order valence-electron chi connectivity index (χ3n) is 3.96. The highest BCUT2D eigenvalue weighted by molar-refractivity contribution is 5.81. The van der Waals surface area contributed by atoms with Crippen LogP contribution < -0.4 is 0 Å². The van der Waals surface area contributed by atoms with E-state index in [2.05, 4.69) is 35.2 Å². The van der Waals surface area contributed by atoms with Crippen molar-refractivity contribution < 1.29 is 4.79 Å². The molecule has 1 aromatic rings. The van der Waals surface area contributed by atoms with Crippen molar-refractivity contribution in [2.45, 2.75) is 26.3 Å². The van der Waals surface area contributed by atoms with Gasteiger partial charge >= 0.3 is 0 Å². The van der Waals surface area contributed by atoms with Crippen molar-refractivity contribution in [3.8, 4) is 6.07 Å². The average molecular weight is 285 g/mol. The number of carbonyl (C=O) groups is 1. The zero-order valence-electron chi connectivity index (χ0n) is 12.7. The summed E-state index contributed by atoms with van der Waals surface area (Å²) in [6.45, 7) is 6.16. The van der Waals surface area contributed by atoms with E-state index in [9.17, 15) is 4.79 Å². The standard InChI is InChI=1S/C17H23N3O/c1-2-6-16(13-18)17(21)20-11-9-19(10-12-20)14-15-7-4-3-5-8-15/h3-5,7-8,16H,2,6,9-12,14H2,1H3. The summed E-state index contributed by atoms with van der Waals surface area (Å²) in [5.74, 6) is -0.450. The molecule has 0 saturated carbocycles. The van der Waals surface area contributed by atoms with Crippen LogP contribution in [0.25, 0.3) is 0 Å². The molecule has 1 atom stereocenters. The largest absolute Gasteiger partial charge is 0.339 e. The van der Waals surface area contributed by atoms with E-state index in [1.54, 1.807) is 0 Å². The number of benzene rings is 1. The fourth-order valence-electron chi connectivity index (χ4n) is 2.72. The molecule has 0 spiro atoms. The molecule has 1 amide bonds. The van der Waals surface area contributed by atoms with Crippen molar-refractivity contribution in [1.82, 2.24) is 9.80 Å². The Hall–Kier alpha value is -1.86. The highest BCUT2D eigenvalue weighted by atomic mass is 16.2. The predicted molar refractivity (Wildman–Crippen MR) is 82.3 cm³/mol. The van der Waals surface area contributed by atoms with Gasteiger partial charge in [-0.3, -0.25) is 9.69 Å². The molecular formula is C17H23N3O. The van der Waals surface area contributed by atoms with Crippen LogP contribution in [0, 0.1) is 17.2 Å². The molecule has 1 saturated heterocycles. The molecule has 1 aliphatic rings. The maximum absolute atomic E-state index is 12.3. The van der Waals surface area contributed by atoms with Gasteiger partial charge < -0.3 is 4.90 Å². The molecule has 0 aromatic heterocycles. The van der Waals surface area contributed by atoms with Crippen LogP contribution in [0.5, 0.6) is 0 Å². The van der Waals surface area contributed by atoms with Gasteiger partial charge in [0.1, 0.15) is 5.92 Å². The average Bonchev–Trinajstić information content (AvgIpc) is 2.54. The number of nitriles is 1. The van der Waals surface area contributed by atoms with Crippen molar-refractivity contribution in [3.05, 3.63) is 35.9 Å². The van der Waals surface area contributed by atoms with Crippen LogP contribution in [-0.4, -0.2) is 41.9 Å². The van der Waals surface area contributed by atoms with E-state index in [0.29, 0.717) is 6.42 Å². The van der Waals surface area contributed by atoms with Gasteiger partial charge in [-0.15, -0.1) is 0 Å². The monoisotopic (exact) mass is 285 g/mol. The summed E-state index contributed by atoms with van der Waals surface area (Å²) < 4.78 is 0. The Morgan fingerprint density at radius 2 is 1.90 bits per heavy atom. The minimum atomic E-state index is -0.462. The van der Waals surface area contributed by atoms with Crippen molar-refractivity contribution in [3.63, 3.8) is 0 Å². The van der Waals surface area contributed by atoms with Gasteiger partial charge in [-0.05, 0) is 12.0 Å². The highest BCUT2D eigenvalue weighted by Crippen LogP contribution is 2.13. The lowest BCUT2D eigenvalue weighted by molar-refractivity contribution is -0.135. The van der Waals surface area contributed by atoms with Crippen LogP contribution in [0.3, 0.4) is 0 Å². The molecule has 4 heteroatoms. The third-order valence-corrected chi connectivity index (χ3v) is 3.96. The summed E-state index contributed by atoms with van der Waals surface area (Å²) >= 11 is 0. The first-order valence-corrected chi connectivity index (χ1v) is 7.69. The maximum atomic E-state index is 12.3. The number of piperazine rings is 1. The minimum Gasteiger partial charge on any atom is -0.339 e. The van der Waals surface area contributed by atoms with Gasteiger partial charge in [-0.1, -0.05) is 43.7 Å². The van der Waals surface area contributed by atoms with Crippen LogP contribution in [-0.2, 0) is 11.3 Å². The summed E-state index contributed by atoms with van der Waals surface area (Å²) in [4.78, 5) is 16.5. The Kier molecular flexibility index (Phi) is 5.77. The second-order valence-corrected chi connectivity index (χ2v) is 5.56. The van der Waals surface area contributed by atoms with Crippen molar-refractivity contribution in [2.24, 2.45) is 5.92 Å². The molecule has 21 heavy (non-hydrogen) atoms. The SMILES string of the molecule is CCCC(C#N)C(=O)N1CCN(Cc2ccccc2)CC1. The third kappa shape index (κ3) is 4.30. The van der Waals surface area contributed by atoms with Gasteiger partial charge in [0.2, 0.25) is 5.91 Å². The summed E-state index contributed by atoms with van der Waals surface area (Å²) in [5, 5.41) is 9.10. The quantitative estimate of drug-likeness (QED) is 0.834. The van der Waals surface area contributed by atoms with Gasteiger partial charge in [0.25, 0.3) is 0 Å². The molecule has 2 rings (SSSR count). The Morgan fingerprint density at radius 3 is 2.48 bits per heavy atom. The zero-order chi connectivity index (χ0) is 15.1. The van der Waals surface area contributed by atoms with E-state index in [-0.39, 0.29) is 5.91 Å². The molecule has 1 fully saturated rings. The van der Waals surface area contributed by atoms with Crippen molar-refractivity contribution in [2.75, 3.05) is 26.2 Å². The summed E-state index contributed by atoms with van der Waals surface area (Å²) in [7, 11) is 0. The van der Waals surface area contributed by atoms with Gasteiger partial charge in [0.05, 0.1) is 6.07 Å². The molecule has 0 N–H and O–H groups in total. The summed E-state index contributed by atoms with van der Waals surface area (Å²) in [5.41, 5.74) is 1.30. The fraction of sp³-hybridized carbons (Fsp3) is 0.529. The van der Waals surface area contributed by atoms with E-state index in [4.69, 9.17) is 5.26 Å².